The average Bonchev–Trinajstić information content (AvgIpc) is 2.92. The van der Waals surface area contributed by atoms with Crippen LogP contribution in [-0.4, -0.2) is 40.5 Å². The first-order valence-corrected chi connectivity index (χ1v) is 14.2. The Labute approximate surface area is 244 Å². The second-order valence-electron chi connectivity index (χ2n) is 11.7. The number of fused-ring (bicyclic) bond motifs is 1. The molecule has 0 fully saturated rings. The third kappa shape index (κ3) is 8.19. The number of carbonyl (C=O) groups is 3. The molecule has 0 saturated heterocycles. The number of benzene rings is 3. The van der Waals surface area contributed by atoms with Gasteiger partial charge < -0.3 is 20.3 Å². The molecule has 2 N–H and O–H groups in total. The van der Waals surface area contributed by atoms with E-state index in [2.05, 4.69) is 17.2 Å². The lowest BCUT2D eigenvalue weighted by molar-refractivity contribution is -0.144. The van der Waals surface area contributed by atoms with Gasteiger partial charge in [-0.25, -0.2) is 4.79 Å². The molecule has 0 saturated carbocycles. The van der Waals surface area contributed by atoms with Crippen molar-refractivity contribution in [1.29, 1.82) is 0 Å². The number of nitrogens with one attached hydrogen (secondary N) is 2. The fourth-order valence-electron chi connectivity index (χ4n) is 4.73. The van der Waals surface area contributed by atoms with Gasteiger partial charge in [0.15, 0.2) is 0 Å². The van der Waals surface area contributed by atoms with Crippen LogP contribution < -0.4 is 10.6 Å². The Morgan fingerprint density at radius 3 is 2.24 bits per heavy atom. The van der Waals surface area contributed by atoms with Gasteiger partial charge in [0, 0.05) is 11.7 Å². The molecule has 3 unspecified atom stereocenters. The molecule has 3 aromatic carbocycles. The molecular weight excluding hydrogens is 514 g/mol. The lowest BCUT2D eigenvalue weighted by Crippen LogP contribution is -2.56. The fraction of sp³-hybridized carbons (Fsp3) is 0.382. The van der Waals surface area contributed by atoms with Crippen LogP contribution in [0.3, 0.4) is 0 Å². The first kappa shape index (κ1) is 31.4. The van der Waals surface area contributed by atoms with Crippen LogP contribution in [0.25, 0.3) is 16.8 Å². The zero-order valence-electron chi connectivity index (χ0n) is 25.2. The number of rotatable bonds is 10. The second-order valence-corrected chi connectivity index (χ2v) is 11.7. The molecule has 7 heteroatoms. The van der Waals surface area contributed by atoms with E-state index in [1.807, 2.05) is 94.4 Å². The van der Waals surface area contributed by atoms with Gasteiger partial charge in [-0.3, -0.25) is 9.59 Å². The first-order chi connectivity index (χ1) is 19.3. The molecule has 41 heavy (non-hydrogen) atoms. The van der Waals surface area contributed by atoms with Crippen LogP contribution in [0.2, 0.25) is 0 Å². The zero-order valence-corrected chi connectivity index (χ0v) is 25.2. The van der Waals surface area contributed by atoms with Gasteiger partial charge in [0.2, 0.25) is 5.91 Å². The summed E-state index contributed by atoms with van der Waals surface area (Å²) in [6, 6.07) is 18.8. The van der Waals surface area contributed by atoms with E-state index in [-0.39, 0.29) is 23.8 Å². The smallest absolute Gasteiger partial charge is 0.408 e. The Morgan fingerprint density at radius 1 is 0.951 bits per heavy atom. The summed E-state index contributed by atoms with van der Waals surface area (Å²) in [5.41, 5.74) is 1.37. The first-order valence-electron chi connectivity index (χ1n) is 14.2. The Morgan fingerprint density at radius 2 is 1.63 bits per heavy atom. The third-order valence-electron chi connectivity index (χ3n) is 6.97. The predicted molar refractivity (Wildman–Crippen MR) is 166 cm³/mol. The number of carbonyl (C=O) groups excluding carboxylic acids is 3. The Bertz CT molecular complexity index is 1390. The molecule has 3 amide bonds. The molecule has 3 aromatic rings. The Hall–Kier alpha value is -4.13. The number of hydrogen-bond acceptors (Lipinski definition) is 4. The molecule has 0 aliphatic carbocycles. The van der Waals surface area contributed by atoms with Gasteiger partial charge in [0.05, 0.1) is 0 Å². The van der Waals surface area contributed by atoms with Crippen LogP contribution in [0.5, 0.6) is 0 Å². The highest BCUT2D eigenvalue weighted by atomic mass is 16.6. The molecule has 7 nitrogen and oxygen atoms in total. The van der Waals surface area contributed by atoms with Crippen molar-refractivity contribution in [3.8, 4) is 0 Å². The maximum atomic E-state index is 14.3. The van der Waals surface area contributed by atoms with Gasteiger partial charge in [-0.05, 0) is 80.6 Å². The summed E-state index contributed by atoms with van der Waals surface area (Å²) in [5.74, 6) is -0.924. The molecule has 0 spiro atoms. The average molecular weight is 558 g/mol. The molecule has 3 atom stereocenters. The summed E-state index contributed by atoms with van der Waals surface area (Å²) < 4.78 is 5.48. The van der Waals surface area contributed by atoms with Gasteiger partial charge in [-0.15, -0.1) is 0 Å². The standard InChI is InChI=1S/C34H43N3O4/c1-9-23(5)29(36-33(40)41-34(6,7)8)32(39)37(22(3)4)30(27-17-13-14-24(10-2)20-27)31(38)35-28-19-18-25-15-11-12-16-26(25)21-28/h10-23,29-30H,2,9H2,1,3-8H3,(H,35,38)(H,36,40). The number of nitrogens with zero attached hydrogens (tertiary/aromatic N) is 1. The summed E-state index contributed by atoms with van der Waals surface area (Å²) >= 11 is 0. The second kappa shape index (κ2) is 13.5. The topological polar surface area (TPSA) is 87.7 Å². The van der Waals surface area contributed by atoms with Crippen molar-refractivity contribution in [2.75, 3.05) is 5.32 Å². The largest absolute Gasteiger partial charge is 0.444 e. The van der Waals surface area contributed by atoms with Crippen molar-refractivity contribution in [2.24, 2.45) is 5.92 Å². The number of hydrogen-bond donors (Lipinski definition) is 2. The normalized spacial score (nSPS) is 13.7. The van der Waals surface area contributed by atoms with E-state index < -0.39 is 23.8 Å². The summed E-state index contributed by atoms with van der Waals surface area (Å²) in [4.78, 5) is 42.8. The van der Waals surface area contributed by atoms with Crippen LogP contribution in [-0.2, 0) is 14.3 Å². The van der Waals surface area contributed by atoms with E-state index >= 15 is 0 Å². The van der Waals surface area contributed by atoms with Crippen LogP contribution >= 0.6 is 0 Å². The van der Waals surface area contributed by atoms with E-state index in [0.29, 0.717) is 17.7 Å². The van der Waals surface area contributed by atoms with Crippen LogP contribution in [0.1, 0.15) is 72.1 Å². The van der Waals surface area contributed by atoms with E-state index in [1.54, 1.807) is 31.7 Å². The molecular formula is C34H43N3O4. The minimum absolute atomic E-state index is 0.208. The van der Waals surface area contributed by atoms with Gasteiger partial charge in [-0.2, -0.15) is 0 Å². The van der Waals surface area contributed by atoms with Crippen LogP contribution in [0.4, 0.5) is 10.5 Å². The summed E-state index contributed by atoms with van der Waals surface area (Å²) in [6.07, 6.45) is 1.67. The maximum Gasteiger partial charge on any atom is 0.408 e. The third-order valence-corrected chi connectivity index (χ3v) is 6.97. The lowest BCUT2D eigenvalue weighted by atomic mass is 9.94. The van der Waals surface area contributed by atoms with Gasteiger partial charge >= 0.3 is 6.09 Å². The molecule has 0 radical (unpaired) electrons. The Balaban J connectivity index is 2.06. The van der Waals surface area contributed by atoms with Crippen LogP contribution in [0.15, 0.2) is 73.3 Å². The predicted octanol–water partition coefficient (Wildman–Crippen LogP) is 7.34. The van der Waals surface area contributed by atoms with Gasteiger partial charge in [0.25, 0.3) is 5.91 Å². The molecule has 218 valence electrons. The van der Waals surface area contributed by atoms with Crippen molar-refractivity contribution in [1.82, 2.24) is 10.2 Å². The number of ether oxygens (including phenoxy) is 1. The molecule has 0 heterocycles. The quantitative estimate of drug-likeness (QED) is 0.273. The van der Waals surface area contributed by atoms with Crippen molar-refractivity contribution < 1.29 is 19.1 Å². The van der Waals surface area contributed by atoms with E-state index in [1.165, 1.54) is 0 Å². The molecule has 0 aliphatic heterocycles. The van der Waals surface area contributed by atoms with Crippen molar-refractivity contribution in [3.63, 3.8) is 0 Å². The van der Waals surface area contributed by atoms with Crippen molar-refractivity contribution >= 4 is 40.4 Å². The molecule has 0 aliphatic rings. The lowest BCUT2D eigenvalue weighted by Gasteiger charge is -2.38. The molecule has 0 aromatic heterocycles. The van der Waals surface area contributed by atoms with Crippen molar-refractivity contribution in [2.45, 2.75) is 78.6 Å². The van der Waals surface area contributed by atoms with E-state index in [4.69, 9.17) is 4.74 Å². The number of amides is 3. The number of anilines is 1. The fourth-order valence-corrected chi connectivity index (χ4v) is 4.73. The monoisotopic (exact) mass is 557 g/mol. The summed E-state index contributed by atoms with van der Waals surface area (Å²) in [7, 11) is 0. The molecule has 3 rings (SSSR count). The number of alkyl carbamates (subject to hydrolysis) is 1. The maximum absolute atomic E-state index is 14.3. The minimum Gasteiger partial charge on any atom is -0.444 e. The van der Waals surface area contributed by atoms with E-state index in [0.717, 1.165) is 16.3 Å². The van der Waals surface area contributed by atoms with E-state index in [9.17, 15) is 14.4 Å². The summed E-state index contributed by atoms with van der Waals surface area (Å²) in [6.45, 7) is 16.8. The minimum atomic E-state index is -0.971. The highest BCUT2D eigenvalue weighted by Gasteiger charge is 2.39. The van der Waals surface area contributed by atoms with Gasteiger partial charge in [0.1, 0.15) is 17.7 Å². The SMILES string of the molecule is C=Cc1cccc(C(C(=O)Nc2ccc3ccccc3c2)N(C(=O)C(NC(=O)OC(C)(C)C)C(C)CC)C(C)C)c1. The highest BCUT2D eigenvalue weighted by molar-refractivity contribution is 6.00. The zero-order chi connectivity index (χ0) is 30.3. The van der Waals surface area contributed by atoms with Crippen molar-refractivity contribution in [3.05, 3.63) is 84.4 Å². The molecule has 0 bridgehead atoms. The van der Waals surface area contributed by atoms with Gasteiger partial charge in [-0.1, -0.05) is 81.5 Å². The van der Waals surface area contributed by atoms with Crippen LogP contribution in [0, 0.1) is 5.92 Å². The highest BCUT2D eigenvalue weighted by Crippen LogP contribution is 2.29. The Kier molecular flexibility index (Phi) is 10.3. The summed E-state index contributed by atoms with van der Waals surface area (Å²) in [5, 5.41) is 7.89.